The molecule has 0 radical (unpaired) electrons. The van der Waals surface area contributed by atoms with Gasteiger partial charge in [-0.05, 0) is 29.8 Å². The first-order valence-corrected chi connectivity index (χ1v) is 6.00. The van der Waals surface area contributed by atoms with Crippen molar-refractivity contribution in [2.75, 3.05) is 0 Å². The number of aromatic nitrogens is 2. The first kappa shape index (κ1) is 11.1. The van der Waals surface area contributed by atoms with E-state index in [9.17, 15) is 5.11 Å². The van der Waals surface area contributed by atoms with Crippen molar-refractivity contribution in [2.45, 2.75) is 6.42 Å². The Balaban J connectivity index is 1.95. The van der Waals surface area contributed by atoms with Gasteiger partial charge in [-0.3, -0.25) is 0 Å². The molecule has 0 fully saturated rings. The molecule has 0 aliphatic rings. The number of hydrogen-bond acceptors (Lipinski definition) is 2. The van der Waals surface area contributed by atoms with Crippen molar-refractivity contribution in [3.05, 3.63) is 58.9 Å². The molecule has 4 heteroatoms. The number of phenolic OH excluding ortho intramolecular Hbond substituents is 1. The monoisotopic (exact) mass is 258 g/mol. The quantitative estimate of drug-likeness (QED) is 0.739. The fraction of sp³-hybridized carbons (Fsp3) is 0.0714. The number of halogens is 1. The van der Waals surface area contributed by atoms with Gasteiger partial charge in [0.1, 0.15) is 11.6 Å². The third-order valence-corrected chi connectivity index (χ3v) is 3.01. The van der Waals surface area contributed by atoms with Crippen LogP contribution < -0.4 is 0 Å². The van der Waals surface area contributed by atoms with Crippen LogP contribution in [0, 0.1) is 0 Å². The molecule has 0 saturated heterocycles. The van der Waals surface area contributed by atoms with Crippen LogP contribution in [-0.2, 0) is 6.42 Å². The molecule has 90 valence electrons. The van der Waals surface area contributed by atoms with Crippen molar-refractivity contribution in [3.63, 3.8) is 0 Å². The van der Waals surface area contributed by atoms with E-state index in [4.69, 9.17) is 11.6 Å². The Morgan fingerprint density at radius 2 is 2.06 bits per heavy atom. The third-order valence-electron chi connectivity index (χ3n) is 2.78. The van der Waals surface area contributed by atoms with Gasteiger partial charge in [0.15, 0.2) is 0 Å². The summed E-state index contributed by atoms with van der Waals surface area (Å²) in [4.78, 5) is 7.66. The van der Waals surface area contributed by atoms with E-state index in [1.807, 2.05) is 24.3 Å². The first-order chi connectivity index (χ1) is 8.70. The molecule has 0 unspecified atom stereocenters. The summed E-state index contributed by atoms with van der Waals surface area (Å²) in [6, 6.07) is 12.8. The van der Waals surface area contributed by atoms with Gasteiger partial charge in [-0.1, -0.05) is 23.7 Å². The minimum atomic E-state index is 0.237. The zero-order valence-corrected chi connectivity index (χ0v) is 10.3. The van der Waals surface area contributed by atoms with Crippen molar-refractivity contribution in [2.24, 2.45) is 0 Å². The molecular formula is C14H11ClN2O. The van der Waals surface area contributed by atoms with Gasteiger partial charge in [0.25, 0.3) is 0 Å². The number of nitrogens with one attached hydrogen (secondary N) is 1. The Morgan fingerprint density at radius 1 is 1.17 bits per heavy atom. The molecule has 18 heavy (non-hydrogen) atoms. The molecule has 0 aliphatic heterocycles. The van der Waals surface area contributed by atoms with Crippen LogP contribution in [0.4, 0.5) is 0 Å². The van der Waals surface area contributed by atoms with E-state index in [2.05, 4.69) is 9.97 Å². The van der Waals surface area contributed by atoms with Crippen molar-refractivity contribution in [1.29, 1.82) is 0 Å². The highest BCUT2D eigenvalue weighted by atomic mass is 35.5. The molecule has 0 atom stereocenters. The Kier molecular flexibility index (Phi) is 2.68. The lowest BCUT2D eigenvalue weighted by atomic mass is 10.1. The van der Waals surface area contributed by atoms with Gasteiger partial charge in [-0.15, -0.1) is 0 Å². The van der Waals surface area contributed by atoms with Crippen LogP contribution in [0.5, 0.6) is 5.75 Å². The van der Waals surface area contributed by atoms with Crippen molar-refractivity contribution >= 4 is 22.6 Å². The number of nitrogens with zero attached hydrogens (tertiary/aromatic N) is 1. The van der Waals surface area contributed by atoms with Crippen LogP contribution in [0.2, 0.25) is 5.02 Å². The van der Waals surface area contributed by atoms with Gasteiger partial charge < -0.3 is 10.1 Å². The summed E-state index contributed by atoms with van der Waals surface area (Å²) >= 11 is 5.95. The largest absolute Gasteiger partial charge is 0.508 e. The minimum Gasteiger partial charge on any atom is -0.508 e. The molecule has 0 bridgehead atoms. The second-order valence-electron chi connectivity index (χ2n) is 4.19. The summed E-state index contributed by atoms with van der Waals surface area (Å²) in [5, 5.41) is 10.1. The predicted octanol–water partition coefficient (Wildman–Crippen LogP) is 3.51. The number of imidazole rings is 1. The summed E-state index contributed by atoms with van der Waals surface area (Å²) in [5.74, 6) is 1.10. The SMILES string of the molecule is Oc1ccc2nc(Cc3cccc(Cl)c3)[nH]c2c1. The number of phenols is 1. The van der Waals surface area contributed by atoms with Crippen molar-refractivity contribution in [3.8, 4) is 5.75 Å². The lowest BCUT2D eigenvalue weighted by Gasteiger charge is -1.98. The maximum Gasteiger partial charge on any atom is 0.117 e. The van der Waals surface area contributed by atoms with Crippen LogP contribution in [-0.4, -0.2) is 15.1 Å². The smallest absolute Gasteiger partial charge is 0.117 e. The third kappa shape index (κ3) is 2.17. The fourth-order valence-electron chi connectivity index (χ4n) is 1.97. The topological polar surface area (TPSA) is 48.9 Å². The highest BCUT2D eigenvalue weighted by Gasteiger charge is 2.04. The average Bonchev–Trinajstić information content (AvgIpc) is 2.70. The summed E-state index contributed by atoms with van der Waals surface area (Å²) < 4.78 is 0. The summed E-state index contributed by atoms with van der Waals surface area (Å²) in [5.41, 5.74) is 2.79. The van der Waals surface area contributed by atoms with Gasteiger partial charge >= 0.3 is 0 Å². The predicted molar refractivity (Wildman–Crippen MR) is 72.0 cm³/mol. The number of rotatable bonds is 2. The summed E-state index contributed by atoms with van der Waals surface area (Å²) in [6.07, 6.45) is 0.690. The molecule has 0 aliphatic carbocycles. The van der Waals surface area contributed by atoms with Crippen molar-refractivity contribution in [1.82, 2.24) is 9.97 Å². The molecule has 0 spiro atoms. The molecule has 3 nitrogen and oxygen atoms in total. The lowest BCUT2D eigenvalue weighted by Crippen LogP contribution is -1.90. The molecule has 1 heterocycles. The number of H-pyrrole nitrogens is 1. The summed E-state index contributed by atoms with van der Waals surface area (Å²) in [7, 11) is 0. The molecule has 0 saturated carbocycles. The van der Waals surface area contributed by atoms with E-state index in [-0.39, 0.29) is 5.75 Å². The molecule has 1 aromatic heterocycles. The first-order valence-electron chi connectivity index (χ1n) is 5.63. The van der Waals surface area contributed by atoms with Crippen LogP contribution in [0.15, 0.2) is 42.5 Å². The molecular weight excluding hydrogens is 248 g/mol. The number of fused-ring (bicyclic) bond motifs is 1. The maximum atomic E-state index is 9.40. The van der Waals surface area contributed by atoms with Gasteiger partial charge in [-0.2, -0.15) is 0 Å². The normalized spacial score (nSPS) is 10.9. The molecule has 3 rings (SSSR count). The van der Waals surface area contributed by atoms with Gasteiger partial charge in [0.2, 0.25) is 0 Å². The zero-order valence-electron chi connectivity index (χ0n) is 9.52. The Hall–Kier alpha value is -2.00. The number of aromatic hydroxyl groups is 1. The maximum absolute atomic E-state index is 9.40. The van der Waals surface area contributed by atoms with E-state index in [1.165, 1.54) is 0 Å². The zero-order chi connectivity index (χ0) is 12.5. The van der Waals surface area contributed by atoms with E-state index in [0.717, 1.165) is 27.4 Å². The van der Waals surface area contributed by atoms with Gasteiger partial charge in [-0.25, -0.2) is 4.98 Å². The lowest BCUT2D eigenvalue weighted by molar-refractivity contribution is 0.476. The number of aromatic amines is 1. The minimum absolute atomic E-state index is 0.237. The second-order valence-corrected chi connectivity index (χ2v) is 4.63. The second kappa shape index (κ2) is 4.35. The van der Waals surface area contributed by atoms with E-state index in [0.29, 0.717) is 6.42 Å². The molecule has 3 aromatic rings. The van der Waals surface area contributed by atoms with Crippen LogP contribution >= 0.6 is 11.6 Å². The Bertz CT molecular complexity index is 706. The average molecular weight is 259 g/mol. The fourth-order valence-corrected chi connectivity index (χ4v) is 2.19. The van der Waals surface area contributed by atoms with E-state index < -0.39 is 0 Å². The highest BCUT2D eigenvalue weighted by Crippen LogP contribution is 2.19. The Morgan fingerprint density at radius 3 is 2.89 bits per heavy atom. The van der Waals surface area contributed by atoms with Gasteiger partial charge in [0.05, 0.1) is 11.0 Å². The molecule has 0 amide bonds. The van der Waals surface area contributed by atoms with Crippen molar-refractivity contribution < 1.29 is 5.11 Å². The molecule has 2 N–H and O–H groups in total. The van der Waals surface area contributed by atoms with Gasteiger partial charge in [0, 0.05) is 17.5 Å². The van der Waals surface area contributed by atoms with Crippen LogP contribution in [0.1, 0.15) is 11.4 Å². The molecule has 2 aromatic carbocycles. The highest BCUT2D eigenvalue weighted by molar-refractivity contribution is 6.30. The number of benzene rings is 2. The van der Waals surface area contributed by atoms with Crippen LogP contribution in [0.25, 0.3) is 11.0 Å². The van der Waals surface area contributed by atoms with E-state index >= 15 is 0 Å². The van der Waals surface area contributed by atoms with Crippen LogP contribution in [0.3, 0.4) is 0 Å². The Labute approximate surface area is 109 Å². The van der Waals surface area contributed by atoms with E-state index in [1.54, 1.807) is 18.2 Å². The summed E-state index contributed by atoms with van der Waals surface area (Å²) in [6.45, 7) is 0. The standard InChI is InChI=1S/C14H11ClN2O/c15-10-3-1-2-9(6-10)7-14-16-12-5-4-11(18)8-13(12)17-14/h1-6,8,18H,7H2,(H,16,17). The number of hydrogen-bond donors (Lipinski definition) is 2.